The number of cyclic esters (lactones) is 1. The molecule has 0 spiro atoms. The number of nitrogens with one attached hydrogen (secondary N) is 1. The van der Waals surface area contributed by atoms with Crippen molar-refractivity contribution in [2.45, 2.75) is 31.3 Å². The average Bonchev–Trinajstić information content (AvgIpc) is 2.49. The number of hydrogen-bond donors (Lipinski definition) is 1. The van der Waals surface area contributed by atoms with Gasteiger partial charge in [-0.05, 0) is 18.4 Å². The fourth-order valence-corrected chi connectivity index (χ4v) is 2.26. The summed E-state index contributed by atoms with van der Waals surface area (Å²) in [4.78, 5) is 22.9. The van der Waals surface area contributed by atoms with Crippen molar-refractivity contribution in [3.8, 4) is 0 Å². The van der Waals surface area contributed by atoms with Crippen molar-refractivity contribution in [2.24, 2.45) is 0 Å². The zero-order valence-electron chi connectivity index (χ0n) is 11.5. The second-order valence-electron chi connectivity index (χ2n) is 4.81. The smallest absolute Gasteiger partial charge is 0.327 e. The third-order valence-electron chi connectivity index (χ3n) is 3.36. The van der Waals surface area contributed by atoms with Crippen molar-refractivity contribution in [1.29, 1.82) is 0 Å². The molecule has 0 saturated carbocycles. The van der Waals surface area contributed by atoms with E-state index in [4.69, 9.17) is 4.74 Å². The van der Waals surface area contributed by atoms with Crippen LogP contribution in [0.4, 0.5) is 0 Å². The molecule has 0 unspecified atom stereocenters. The highest BCUT2D eigenvalue weighted by Gasteiger charge is 2.30. The first-order valence-electron chi connectivity index (χ1n) is 6.75. The lowest BCUT2D eigenvalue weighted by Gasteiger charge is -2.30. The highest BCUT2D eigenvalue weighted by molar-refractivity contribution is 5.78. The van der Waals surface area contributed by atoms with Crippen LogP contribution in [-0.2, 0) is 19.1 Å². The molecule has 108 valence electrons. The van der Waals surface area contributed by atoms with E-state index in [1.54, 1.807) is 0 Å². The van der Waals surface area contributed by atoms with Gasteiger partial charge in [0.1, 0.15) is 12.6 Å². The van der Waals surface area contributed by atoms with Gasteiger partial charge >= 0.3 is 11.9 Å². The van der Waals surface area contributed by atoms with Crippen LogP contribution < -0.4 is 5.32 Å². The lowest BCUT2D eigenvalue weighted by Crippen LogP contribution is -2.46. The second-order valence-corrected chi connectivity index (χ2v) is 4.81. The number of rotatable bonds is 5. The largest absolute Gasteiger partial charge is 0.469 e. The van der Waals surface area contributed by atoms with Crippen LogP contribution in [0, 0.1) is 0 Å². The van der Waals surface area contributed by atoms with Crippen LogP contribution in [0.2, 0.25) is 0 Å². The summed E-state index contributed by atoms with van der Waals surface area (Å²) >= 11 is 0. The fourth-order valence-electron chi connectivity index (χ4n) is 2.26. The molecule has 1 N–H and O–H groups in total. The molecule has 1 fully saturated rings. The van der Waals surface area contributed by atoms with E-state index in [0.29, 0.717) is 19.4 Å². The lowest BCUT2D eigenvalue weighted by atomic mass is 10.0. The summed E-state index contributed by atoms with van der Waals surface area (Å²) in [7, 11) is 1.38. The molecule has 1 aliphatic heterocycles. The van der Waals surface area contributed by atoms with E-state index in [0.717, 1.165) is 12.0 Å². The maximum atomic E-state index is 11.8. The molecule has 0 radical (unpaired) electrons. The second kappa shape index (κ2) is 7.05. The van der Waals surface area contributed by atoms with Crippen LogP contribution >= 0.6 is 0 Å². The van der Waals surface area contributed by atoms with Gasteiger partial charge in [-0.2, -0.15) is 0 Å². The van der Waals surface area contributed by atoms with Crippen LogP contribution in [0.3, 0.4) is 0 Å². The van der Waals surface area contributed by atoms with Gasteiger partial charge in [-0.25, -0.2) is 4.79 Å². The molecule has 1 saturated heterocycles. The Bertz CT molecular complexity index is 460. The standard InChI is InChI=1S/C15H19NO4/c1-19-13(17)9-5-8-12-10-20-15(18)14(16-12)11-6-3-2-4-7-11/h2-4,6-7,12,14,16H,5,8-10H2,1H3/t12-,14+/m1/s1. The van der Waals surface area contributed by atoms with Gasteiger partial charge < -0.3 is 9.47 Å². The van der Waals surface area contributed by atoms with Gasteiger partial charge in [-0.3, -0.25) is 10.1 Å². The van der Waals surface area contributed by atoms with Gasteiger partial charge in [0.2, 0.25) is 0 Å². The number of esters is 2. The van der Waals surface area contributed by atoms with Crippen LogP contribution in [0.5, 0.6) is 0 Å². The van der Waals surface area contributed by atoms with Crippen molar-refractivity contribution in [1.82, 2.24) is 5.32 Å². The Kier molecular flexibility index (Phi) is 5.12. The van der Waals surface area contributed by atoms with Crippen molar-refractivity contribution in [2.75, 3.05) is 13.7 Å². The van der Waals surface area contributed by atoms with Crippen LogP contribution in [-0.4, -0.2) is 31.7 Å². The maximum absolute atomic E-state index is 11.8. The maximum Gasteiger partial charge on any atom is 0.327 e. The molecule has 0 aromatic heterocycles. The summed E-state index contributed by atoms with van der Waals surface area (Å²) in [5.41, 5.74) is 0.898. The van der Waals surface area contributed by atoms with Crippen molar-refractivity contribution < 1.29 is 19.1 Å². The van der Waals surface area contributed by atoms with Gasteiger partial charge in [0.05, 0.1) is 7.11 Å². The van der Waals surface area contributed by atoms with E-state index in [1.165, 1.54) is 7.11 Å². The molecule has 0 amide bonds. The third kappa shape index (κ3) is 3.81. The molecule has 20 heavy (non-hydrogen) atoms. The molecule has 2 rings (SSSR count). The van der Waals surface area contributed by atoms with Gasteiger partial charge in [0, 0.05) is 12.5 Å². The van der Waals surface area contributed by atoms with E-state index >= 15 is 0 Å². The van der Waals surface area contributed by atoms with E-state index < -0.39 is 6.04 Å². The van der Waals surface area contributed by atoms with Gasteiger partial charge in [0.25, 0.3) is 0 Å². The Morgan fingerprint density at radius 1 is 1.40 bits per heavy atom. The minimum Gasteiger partial charge on any atom is -0.469 e. The molecule has 1 aliphatic rings. The number of benzene rings is 1. The van der Waals surface area contributed by atoms with Crippen LogP contribution in [0.25, 0.3) is 0 Å². The summed E-state index contributed by atoms with van der Waals surface area (Å²) in [6.07, 6.45) is 1.87. The number of ether oxygens (including phenoxy) is 2. The summed E-state index contributed by atoms with van der Waals surface area (Å²) in [6.45, 7) is 0.351. The highest BCUT2D eigenvalue weighted by atomic mass is 16.5. The Balaban J connectivity index is 1.88. The zero-order chi connectivity index (χ0) is 14.4. The van der Waals surface area contributed by atoms with Crippen molar-refractivity contribution in [3.63, 3.8) is 0 Å². The summed E-state index contributed by atoms with van der Waals surface area (Å²) < 4.78 is 9.83. The molecule has 5 heteroatoms. The zero-order valence-corrected chi connectivity index (χ0v) is 11.5. The van der Waals surface area contributed by atoms with Crippen molar-refractivity contribution in [3.05, 3.63) is 35.9 Å². The molecular formula is C15H19NO4. The summed E-state index contributed by atoms with van der Waals surface area (Å²) in [5, 5.41) is 3.28. The van der Waals surface area contributed by atoms with E-state index in [-0.39, 0.29) is 18.0 Å². The third-order valence-corrected chi connectivity index (χ3v) is 3.36. The minimum atomic E-state index is -0.423. The lowest BCUT2D eigenvalue weighted by molar-refractivity contribution is -0.152. The first-order valence-corrected chi connectivity index (χ1v) is 6.75. The van der Waals surface area contributed by atoms with Gasteiger partial charge in [-0.1, -0.05) is 30.3 Å². The Labute approximate surface area is 118 Å². The molecule has 1 aromatic rings. The fraction of sp³-hybridized carbons (Fsp3) is 0.467. The molecule has 0 bridgehead atoms. The number of methoxy groups -OCH3 is 1. The quantitative estimate of drug-likeness (QED) is 0.828. The van der Waals surface area contributed by atoms with E-state index in [9.17, 15) is 9.59 Å². The molecule has 2 atom stereocenters. The number of carbonyl (C=O) groups excluding carboxylic acids is 2. The number of hydrogen-bond acceptors (Lipinski definition) is 5. The Morgan fingerprint density at radius 2 is 2.15 bits per heavy atom. The average molecular weight is 277 g/mol. The predicted octanol–water partition coefficient (Wildman–Crippen LogP) is 1.59. The summed E-state index contributed by atoms with van der Waals surface area (Å²) in [6, 6.07) is 9.14. The van der Waals surface area contributed by atoms with Gasteiger partial charge in [-0.15, -0.1) is 0 Å². The minimum absolute atomic E-state index is 0.0718. The normalized spacial score (nSPS) is 22.1. The first kappa shape index (κ1) is 14.5. The molecule has 5 nitrogen and oxygen atoms in total. The van der Waals surface area contributed by atoms with Crippen LogP contribution in [0.1, 0.15) is 30.9 Å². The topological polar surface area (TPSA) is 64.6 Å². The monoisotopic (exact) mass is 277 g/mol. The van der Waals surface area contributed by atoms with Crippen LogP contribution in [0.15, 0.2) is 30.3 Å². The summed E-state index contributed by atoms with van der Waals surface area (Å²) in [5.74, 6) is -0.460. The Morgan fingerprint density at radius 3 is 2.85 bits per heavy atom. The highest BCUT2D eigenvalue weighted by Crippen LogP contribution is 2.20. The molecule has 1 heterocycles. The Hall–Kier alpha value is -1.88. The van der Waals surface area contributed by atoms with E-state index in [1.807, 2.05) is 30.3 Å². The predicted molar refractivity (Wildman–Crippen MR) is 72.9 cm³/mol. The number of carbonyl (C=O) groups is 2. The van der Waals surface area contributed by atoms with E-state index in [2.05, 4.69) is 10.1 Å². The molecular weight excluding hydrogens is 258 g/mol. The number of morpholine rings is 1. The van der Waals surface area contributed by atoms with Crippen molar-refractivity contribution >= 4 is 11.9 Å². The first-order chi connectivity index (χ1) is 9.70. The SMILES string of the molecule is COC(=O)CCC[C@@H]1COC(=O)[C@H](c2ccccc2)N1. The molecule has 1 aromatic carbocycles. The van der Waals surface area contributed by atoms with Gasteiger partial charge in [0.15, 0.2) is 0 Å². The molecule has 0 aliphatic carbocycles.